The van der Waals surface area contributed by atoms with E-state index in [1.807, 2.05) is 48.5 Å². The monoisotopic (exact) mass is 413 g/mol. The highest BCUT2D eigenvalue weighted by molar-refractivity contribution is 6.31. The van der Waals surface area contributed by atoms with Crippen LogP contribution in [0.5, 0.6) is 0 Å². The van der Waals surface area contributed by atoms with Crippen LogP contribution in [-0.2, 0) is 16.0 Å². The zero-order valence-electron chi connectivity index (χ0n) is 15.8. The fourth-order valence-corrected chi connectivity index (χ4v) is 3.15. The first-order chi connectivity index (χ1) is 14.1. The predicted molar refractivity (Wildman–Crippen MR) is 107 cm³/mol. The number of tetrazole rings is 1. The van der Waals surface area contributed by atoms with Crippen LogP contribution in [0.25, 0.3) is 11.1 Å². The van der Waals surface area contributed by atoms with E-state index in [2.05, 4.69) is 25.9 Å². The van der Waals surface area contributed by atoms with E-state index in [1.165, 1.54) is 0 Å². The number of carbonyl (C=O) groups excluding carboxylic acids is 2. The average molecular weight is 414 g/mol. The smallest absolute Gasteiger partial charge is 0.307 e. The van der Waals surface area contributed by atoms with Crippen LogP contribution >= 0.6 is 11.6 Å². The first kappa shape index (κ1) is 20.5. The summed E-state index contributed by atoms with van der Waals surface area (Å²) in [7, 11) is 0. The number of carbonyl (C=O) groups is 2. The van der Waals surface area contributed by atoms with Gasteiger partial charge in [0.05, 0.1) is 13.0 Å². The van der Waals surface area contributed by atoms with E-state index in [4.69, 9.17) is 16.3 Å². The quantitative estimate of drug-likeness (QED) is 0.549. The maximum atomic E-state index is 12.3. The van der Waals surface area contributed by atoms with Crippen LogP contribution in [0.4, 0.5) is 0 Å². The lowest BCUT2D eigenvalue weighted by atomic mass is 9.99. The average Bonchev–Trinajstić information content (AvgIpc) is 3.25. The molecule has 0 saturated carbocycles. The minimum atomic E-state index is -0.542. The Balaban J connectivity index is 1.77. The number of benzene rings is 2. The van der Waals surface area contributed by atoms with Crippen LogP contribution in [0.15, 0.2) is 48.5 Å². The lowest BCUT2D eigenvalue weighted by Gasteiger charge is -2.18. The molecule has 0 spiro atoms. The number of esters is 1. The van der Waals surface area contributed by atoms with Gasteiger partial charge in [0, 0.05) is 11.1 Å². The molecule has 1 atom stereocenters. The van der Waals surface area contributed by atoms with Gasteiger partial charge in [-0.25, -0.2) is 0 Å². The highest BCUT2D eigenvalue weighted by Crippen LogP contribution is 2.26. The predicted octanol–water partition coefficient (Wildman–Crippen LogP) is 2.81. The largest absolute Gasteiger partial charge is 0.466 e. The summed E-state index contributed by atoms with van der Waals surface area (Å²) in [5.74, 6) is -1.06. The van der Waals surface area contributed by atoms with Gasteiger partial charge in [0.2, 0.25) is 0 Å². The Bertz CT molecular complexity index is 964. The van der Waals surface area contributed by atoms with Crippen molar-refractivity contribution >= 4 is 23.5 Å². The van der Waals surface area contributed by atoms with Crippen LogP contribution in [0.2, 0.25) is 5.02 Å². The van der Waals surface area contributed by atoms with Crippen molar-refractivity contribution in [3.63, 3.8) is 0 Å². The molecule has 3 aromatic rings. The molecule has 0 aliphatic rings. The third kappa shape index (κ3) is 5.61. The van der Waals surface area contributed by atoms with E-state index in [1.54, 1.807) is 6.92 Å². The van der Waals surface area contributed by atoms with Crippen molar-refractivity contribution < 1.29 is 14.3 Å². The first-order valence-corrected chi connectivity index (χ1v) is 9.48. The van der Waals surface area contributed by atoms with Crippen molar-refractivity contribution in [1.82, 2.24) is 25.9 Å². The van der Waals surface area contributed by atoms with Crippen LogP contribution in [-0.4, -0.2) is 45.1 Å². The summed E-state index contributed by atoms with van der Waals surface area (Å²) in [6.07, 6.45) is 0.338. The molecule has 8 nitrogen and oxygen atoms in total. The lowest BCUT2D eigenvalue weighted by Crippen LogP contribution is -2.39. The number of ether oxygens (including phenoxy) is 1. The van der Waals surface area contributed by atoms with Gasteiger partial charge in [0.15, 0.2) is 0 Å². The third-order valence-electron chi connectivity index (χ3n) is 4.23. The molecule has 0 saturated heterocycles. The summed E-state index contributed by atoms with van der Waals surface area (Å²) in [6, 6.07) is 15.0. The second-order valence-corrected chi connectivity index (χ2v) is 6.70. The minimum absolute atomic E-state index is 0.00576. The molecule has 9 heteroatoms. The number of nitrogens with one attached hydrogen (secondary N) is 2. The van der Waals surface area contributed by atoms with Gasteiger partial charge >= 0.3 is 5.97 Å². The van der Waals surface area contributed by atoms with Crippen molar-refractivity contribution in [2.45, 2.75) is 25.8 Å². The third-order valence-corrected chi connectivity index (χ3v) is 4.58. The molecule has 2 aromatic carbocycles. The molecule has 1 unspecified atom stereocenters. The number of halogens is 1. The Morgan fingerprint density at radius 1 is 1.17 bits per heavy atom. The Kier molecular flexibility index (Phi) is 6.91. The van der Waals surface area contributed by atoms with Gasteiger partial charge in [0.1, 0.15) is 0 Å². The van der Waals surface area contributed by atoms with E-state index in [9.17, 15) is 9.59 Å². The van der Waals surface area contributed by atoms with Gasteiger partial charge in [-0.3, -0.25) is 9.59 Å². The Hall–Kier alpha value is -3.26. The van der Waals surface area contributed by atoms with Crippen LogP contribution in [0, 0.1) is 0 Å². The normalized spacial score (nSPS) is 11.7. The number of amides is 1. The molecule has 0 radical (unpaired) electrons. The number of hydrogen-bond donors (Lipinski definition) is 2. The minimum Gasteiger partial charge on any atom is -0.466 e. The van der Waals surface area contributed by atoms with Gasteiger partial charge in [-0.15, -0.1) is 10.2 Å². The summed E-state index contributed by atoms with van der Waals surface area (Å²) >= 11 is 6.49. The number of hydrogen-bond acceptors (Lipinski definition) is 6. The fourth-order valence-electron chi connectivity index (χ4n) is 2.89. The highest BCUT2D eigenvalue weighted by atomic mass is 35.5. The molecule has 2 N–H and O–H groups in total. The van der Waals surface area contributed by atoms with E-state index in [-0.39, 0.29) is 18.9 Å². The Morgan fingerprint density at radius 3 is 2.62 bits per heavy atom. The van der Waals surface area contributed by atoms with E-state index < -0.39 is 17.9 Å². The van der Waals surface area contributed by atoms with Gasteiger partial charge in [-0.1, -0.05) is 54.1 Å². The summed E-state index contributed by atoms with van der Waals surface area (Å²) in [4.78, 5) is 24.3. The summed E-state index contributed by atoms with van der Waals surface area (Å²) in [5, 5.41) is 16.2. The standard InChI is InChI=1S/C20H20ClN5O3/c1-2-29-18(27)12-16(22-20(28)19-23-25-26-24-19)10-15-9-8-14(11-17(15)21)13-6-4-3-5-7-13/h3-9,11,16H,2,10,12H2,1H3,(H,22,28)(H,23,24,25,26). The second kappa shape index (κ2) is 9.79. The number of rotatable bonds is 8. The highest BCUT2D eigenvalue weighted by Gasteiger charge is 2.22. The molecule has 0 bridgehead atoms. The molecular weight excluding hydrogens is 394 g/mol. The Labute approximate surface area is 172 Å². The zero-order chi connectivity index (χ0) is 20.6. The van der Waals surface area contributed by atoms with Crippen LogP contribution in [0.1, 0.15) is 29.5 Å². The van der Waals surface area contributed by atoms with Crippen LogP contribution < -0.4 is 5.32 Å². The van der Waals surface area contributed by atoms with Crippen molar-refractivity contribution in [1.29, 1.82) is 0 Å². The van der Waals surface area contributed by atoms with E-state index in [0.29, 0.717) is 11.4 Å². The van der Waals surface area contributed by atoms with Crippen molar-refractivity contribution in [2.24, 2.45) is 0 Å². The van der Waals surface area contributed by atoms with Crippen molar-refractivity contribution in [3.05, 3.63) is 64.9 Å². The number of aromatic nitrogens is 4. The number of H-pyrrole nitrogens is 1. The SMILES string of the molecule is CCOC(=O)CC(Cc1ccc(-c2ccccc2)cc1Cl)NC(=O)c1nn[nH]n1. The molecule has 0 aliphatic carbocycles. The maximum absolute atomic E-state index is 12.3. The van der Waals surface area contributed by atoms with E-state index in [0.717, 1.165) is 16.7 Å². The van der Waals surface area contributed by atoms with E-state index >= 15 is 0 Å². The zero-order valence-corrected chi connectivity index (χ0v) is 16.5. The lowest BCUT2D eigenvalue weighted by molar-refractivity contribution is -0.143. The summed E-state index contributed by atoms with van der Waals surface area (Å²) < 4.78 is 5.02. The van der Waals surface area contributed by atoms with Crippen LogP contribution in [0.3, 0.4) is 0 Å². The number of nitrogens with zero attached hydrogens (tertiary/aromatic N) is 3. The summed E-state index contributed by atoms with van der Waals surface area (Å²) in [6.45, 7) is 1.99. The maximum Gasteiger partial charge on any atom is 0.307 e. The molecule has 1 amide bonds. The van der Waals surface area contributed by atoms with Gasteiger partial charge in [-0.2, -0.15) is 5.21 Å². The molecule has 1 aromatic heterocycles. The summed E-state index contributed by atoms with van der Waals surface area (Å²) in [5.41, 5.74) is 2.83. The molecule has 0 fully saturated rings. The Morgan fingerprint density at radius 2 is 1.97 bits per heavy atom. The van der Waals surface area contributed by atoms with Gasteiger partial charge in [0.25, 0.3) is 11.7 Å². The molecular formula is C20H20ClN5O3. The number of aromatic amines is 1. The van der Waals surface area contributed by atoms with Gasteiger partial charge in [-0.05, 0) is 41.3 Å². The van der Waals surface area contributed by atoms with Crippen molar-refractivity contribution in [3.8, 4) is 11.1 Å². The molecule has 0 aliphatic heterocycles. The molecule has 3 rings (SSSR count). The second-order valence-electron chi connectivity index (χ2n) is 6.29. The fraction of sp³-hybridized carbons (Fsp3) is 0.250. The molecule has 150 valence electrons. The molecule has 1 heterocycles. The molecule has 29 heavy (non-hydrogen) atoms. The van der Waals surface area contributed by atoms with Gasteiger partial charge < -0.3 is 10.1 Å². The topological polar surface area (TPSA) is 110 Å². The first-order valence-electron chi connectivity index (χ1n) is 9.10. The van der Waals surface area contributed by atoms with Crippen molar-refractivity contribution in [2.75, 3.05) is 6.61 Å².